The number of hydrogen-bond acceptors (Lipinski definition) is 5. The summed E-state index contributed by atoms with van der Waals surface area (Å²) in [5.74, 6) is -1.49. The van der Waals surface area contributed by atoms with Crippen molar-refractivity contribution in [3.05, 3.63) is 34.9 Å². The molecule has 0 saturated heterocycles. The second kappa shape index (κ2) is 8.00. The molecule has 1 aromatic carbocycles. The number of amides is 2. The lowest BCUT2D eigenvalue weighted by Gasteiger charge is -2.22. The zero-order valence-electron chi connectivity index (χ0n) is 15.2. The molecule has 0 bridgehead atoms. The molecule has 7 nitrogen and oxygen atoms in total. The fourth-order valence-electron chi connectivity index (χ4n) is 2.77. The van der Waals surface area contributed by atoms with Gasteiger partial charge in [0.2, 0.25) is 0 Å². The van der Waals surface area contributed by atoms with Crippen molar-refractivity contribution < 1.29 is 19.1 Å². The van der Waals surface area contributed by atoms with Crippen LogP contribution in [0, 0.1) is 31.1 Å². The van der Waals surface area contributed by atoms with Crippen LogP contribution in [0.2, 0.25) is 0 Å². The fraction of sp³-hybridized carbons (Fsp3) is 0.474. The molecule has 1 fully saturated rings. The number of benzene rings is 1. The SMILES string of the molecule is Cc1cc(C)cc(C(=O)NCC(=O)OCC(=O)NC(C)(C#N)C2CC2)c1. The highest BCUT2D eigenvalue weighted by molar-refractivity contribution is 5.96. The summed E-state index contributed by atoms with van der Waals surface area (Å²) in [6.07, 6.45) is 1.79. The van der Waals surface area contributed by atoms with Crippen LogP contribution in [-0.4, -0.2) is 36.5 Å². The molecule has 26 heavy (non-hydrogen) atoms. The van der Waals surface area contributed by atoms with Gasteiger partial charge in [-0.05, 0) is 51.7 Å². The van der Waals surface area contributed by atoms with E-state index in [2.05, 4.69) is 16.7 Å². The summed E-state index contributed by atoms with van der Waals surface area (Å²) < 4.78 is 4.85. The Kier molecular flexibility index (Phi) is 5.98. The Bertz CT molecular complexity index is 744. The molecule has 2 amide bonds. The molecule has 1 atom stereocenters. The van der Waals surface area contributed by atoms with Crippen LogP contribution < -0.4 is 10.6 Å². The first kappa shape index (κ1) is 19.4. The first-order valence-corrected chi connectivity index (χ1v) is 8.48. The monoisotopic (exact) mass is 357 g/mol. The summed E-state index contributed by atoms with van der Waals surface area (Å²) in [5.41, 5.74) is 1.43. The minimum Gasteiger partial charge on any atom is -0.454 e. The number of rotatable bonds is 7. The van der Waals surface area contributed by atoms with Crippen LogP contribution in [-0.2, 0) is 14.3 Å². The zero-order valence-corrected chi connectivity index (χ0v) is 15.2. The van der Waals surface area contributed by atoms with Crippen molar-refractivity contribution in [3.63, 3.8) is 0 Å². The number of hydrogen-bond donors (Lipinski definition) is 2. The summed E-state index contributed by atoms with van der Waals surface area (Å²) in [6.45, 7) is 4.61. The van der Waals surface area contributed by atoms with E-state index in [1.807, 2.05) is 19.9 Å². The highest BCUT2D eigenvalue weighted by Gasteiger charge is 2.43. The van der Waals surface area contributed by atoms with E-state index in [0.29, 0.717) is 5.56 Å². The van der Waals surface area contributed by atoms with Crippen molar-refractivity contribution >= 4 is 17.8 Å². The average molecular weight is 357 g/mol. The van der Waals surface area contributed by atoms with Gasteiger partial charge in [-0.2, -0.15) is 5.26 Å². The minimum atomic E-state index is -0.930. The number of esters is 1. The summed E-state index contributed by atoms with van der Waals surface area (Å²) in [7, 11) is 0. The summed E-state index contributed by atoms with van der Waals surface area (Å²) >= 11 is 0. The van der Waals surface area contributed by atoms with Gasteiger partial charge in [0.1, 0.15) is 12.1 Å². The third-order valence-electron chi connectivity index (χ3n) is 4.27. The predicted octanol–water partition coefficient (Wildman–Crippen LogP) is 1.38. The van der Waals surface area contributed by atoms with E-state index in [1.165, 1.54) is 0 Å². The number of nitriles is 1. The molecule has 138 valence electrons. The van der Waals surface area contributed by atoms with Crippen molar-refractivity contribution in [2.24, 2.45) is 5.92 Å². The van der Waals surface area contributed by atoms with E-state index in [1.54, 1.807) is 19.1 Å². The van der Waals surface area contributed by atoms with Crippen LogP contribution in [0.3, 0.4) is 0 Å². The molecule has 0 aromatic heterocycles. The van der Waals surface area contributed by atoms with E-state index in [0.717, 1.165) is 24.0 Å². The summed E-state index contributed by atoms with van der Waals surface area (Å²) in [4.78, 5) is 35.6. The molecule has 0 radical (unpaired) electrons. The lowest BCUT2D eigenvalue weighted by atomic mass is 9.98. The van der Waals surface area contributed by atoms with Gasteiger partial charge in [0.05, 0.1) is 6.07 Å². The Morgan fingerprint density at radius 2 is 1.85 bits per heavy atom. The molecule has 1 saturated carbocycles. The molecule has 2 rings (SSSR count). The third kappa shape index (κ3) is 5.31. The Hall–Kier alpha value is -2.88. The number of nitrogens with zero attached hydrogens (tertiary/aromatic N) is 1. The fourth-order valence-corrected chi connectivity index (χ4v) is 2.77. The summed E-state index contributed by atoms with van der Waals surface area (Å²) in [6, 6.07) is 7.49. The highest BCUT2D eigenvalue weighted by atomic mass is 16.5. The van der Waals surface area contributed by atoms with Crippen LogP contribution in [0.5, 0.6) is 0 Å². The van der Waals surface area contributed by atoms with E-state index < -0.39 is 24.0 Å². The Labute approximate surface area is 152 Å². The maximum atomic E-state index is 12.1. The Morgan fingerprint density at radius 1 is 1.23 bits per heavy atom. The Morgan fingerprint density at radius 3 is 2.38 bits per heavy atom. The number of nitrogens with one attached hydrogen (secondary N) is 2. The number of carbonyl (C=O) groups is 3. The lowest BCUT2D eigenvalue weighted by molar-refractivity contribution is -0.147. The third-order valence-corrected chi connectivity index (χ3v) is 4.27. The number of ether oxygens (including phenoxy) is 1. The van der Waals surface area contributed by atoms with Crippen molar-refractivity contribution in [3.8, 4) is 6.07 Å². The highest BCUT2D eigenvalue weighted by Crippen LogP contribution is 2.39. The normalized spacial score (nSPS) is 15.3. The van der Waals surface area contributed by atoms with Gasteiger partial charge in [0, 0.05) is 5.56 Å². The molecule has 1 aromatic rings. The van der Waals surface area contributed by atoms with Gasteiger partial charge >= 0.3 is 5.97 Å². The van der Waals surface area contributed by atoms with Gasteiger partial charge in [0.15, 0.2) is 6.61 Å². The molecule has 7 heteroatoms. The van der Waals surface area contributed by atoms with E-state index in [4.69, 9.17) is 4.74 Å². The van der Waals surface area contributed by atoms with Crippen molar-refractivity contribution in [2.75, 3.05) is 13.2 Å². The first-order valence-electron chi connectivity index (χ1n) is 8.48. The van der Waals surface area contributed by atoms with Crippen molar-refractivity contribution in [1.29, 1.82) is 5.26 Å². The number of aryl methyl sites for hydroxylation is 2. The average Bonchev–Trinajstić information content (AvgIpc) is 3.42. The van der Waals surface area contributed by atoms with Crippen LogP contribution in [0.25, 0.3) is 0 Å². The largest absolute Gasteiger partial charge is 0.454 e. The molecular formula is C19H23N3O4. The van der Waals surface area contributed by atoms with E-state index in [9.17, 15) is 19.6 Å². The maximum Gasteiger partial charge on any atom is 0.325 e. The second-order valence-electron chi connectivity index (χ2n) is 6.86. The molecule has 1 aliphatic carbocycles. The lowest BCUT2D eigenvalue weighted by Crippen LogP contribution is -2.48. The maximum absolute atomic E-state index is 12.1. The smallest absolute Gasteiger partial charge is 0.325 e. The van der Waals surface area contributed by atoms with Crippen molar-refractivity contribution in [2.45, 2.75) is 39.2 Å². The molecular weight excluding hydrogens is 334 g/mol. The standard InChI is InChI=1S/C19H23N3O4/c1-12-6-13(2)8-14(7-12)18(25)21-9-17(24)26-10-16(23)22-19(3,11-20)15-4-5-15/h6-8,15H,4-5,9-10H2,1-3H3,(H,21,25)(H,22,23). The van der Waals surface area contributed by atoms with Crippen LogP contribution in [0.4, 0.5) is 0 Å². The van der Waals surface area contributed by atoms with E-state index >= 15 is 0 Å². The van der Waals surface area contributed by atoms with Crippen molar-refractivity contribution in [1.82, 2.24) is 10.6 Å². The molecule has 0 aliphatic heterocycles. The topological polar surface area (TPSA) is 108 Å². The predicted molar refractivity (Wildman–Crippen MR) is 94.1 cm³/mol. The molecule has 1 unspecified atom stereocenters. The van der Waals surface area contributed by atoms with Gasteiger partial charge < -0.3 is 15.4 Å². The zero-order chi connectivity index (χ0) is 19.3. The molecule has 2 N–H and O–H groups in total. The quantitative estimate of drug-likeness (QED) is 0.717. The van der Waals surface area contributed by atoms with Crippen LogP contribution in [0.15, 0.2) is 18.2 Å². The van der Waals surface area contributed by atoms with Gasteiger partial charge in [-0.1, -0.05) is 17.2 Å². The van der Waals surface area contributed by atoms with Crippen LogP contribution in [0.1, 0.15) is 41.3 Å². The first-order chi connectivity index (χ1) is 12.2. The van der Waals surface area contributed by atoms with E-state index in [-0.39, 0.29) is 18.4 Å². The Balaban J connectivity index is 1.75. The van der Waals surface area contributed by atoms with Gasteiger partial charge in [0.25, 0.3) is 11.8 Å². The van der Waals surface area contributed by atoms with Crippen LogP contribution >= 0.6 is 0 Å². The molecule has 0 spiro atoms. The molecule has 0 heterocycles. The van der Waals surface area contributed by atoms with Gasteiger partial charge in [-0.15, -0.1) is 0 Å². The minimum absolute atomic E-state index is 0.143. The number of carbonyl (C=O) groups excluding carboxylic acids is 3. The summed E-state index contributed by atoms with van der Waals surface area (Å²) in [5, 5.41) is 14.3. The van der Waals surface area contributed by atoms with Gasteiger partial charge in [-0.3, -0.25) is 14.4 Å². The molecule has 1 aliphatic rings. The second-order valence-corrected chi connectivity index (χ2v) is 6.86. The van der Waals surface area contributed by atoms with Gasteiger partial charge in [-0.25, -0.2) is 0 Å².